The molecule has 0 aromatic rings. The van der Waals surface area contributed by atoms with E-state index < -0.39 is 26.5 Å². The molecule has 2 unspecified atom stereocenters. The predicted molar refractivity (Wildman–Crippen MR) is 287 cm³/mol. The molecule has 0 amide bonds. The van der Waals surface area contributed by atoms with E-state index in [1.54, 1.807) is 0 Å². The van der Waals surface area contributed by atoms with E-state index in [1.165, 1.54) is 135 Å². The molecule has 0 spiro atoms. The summed E-state index contributed by atoms with van der Waals surface area (Å²) in [5.41, 5.74) is 0. The molecule has 0 saturated carbocycles. The zero-order chi connectivity index (χ0) is 49.9. The van der Waals surface area contributed by atoms with Gasteiger partial charge in [-0.3, -0.25) is 14.2 Å². The van der Waals surface area contributed by atoms with Crippen molar-refractivity contribution in [2.75, 3.05) is 47.5 Å². The number of hydrogen-bond acceptors (Lipinski definition) is 8. The molecule has 0 N–H and O–H groups in total. The van der Waals surface area contributed by atoms with Crippen LogP contribution in [0.25, 0.3) is 0 Å². The number of nitrogens with zero attached hydrogens (tertiary/aromatic N) is 1. The second kappa shape index (κ2) is 49.7. The van der Waals surface area contributed by atoms with Gasteiger partial charge in [0.25, 0.3) is 7.82 Å². The van der Waals surface area contributed by atoms with Gasteiger partial charge in [-0.1, -0.05) is 235 Å². The average molecular weight is 976 g/mol. The lowest BCUT2D eigenvalue weighted by atomic mass is 10.0. The molecule has 0 radical (unpaired) electrons. The van der Waals surface area contributed by atoms with Crippen LogP contribution >= 0.6 is 7.82 Å². The van der Waals surface area contributed by atoms with Crippen molar-refractivity contribution in [3.63, 3.8) is 0 Å². The first-order valence-corrected chi connectivity index (χ1v) is 29.5. The van der Waals surface area contributed by atoms with Crippen LogP contribution in [0.4, 0.5) is 0 Å². The van der Waals surface area contributed by atoms with Crippen LogP contribution in [0.3, 0.4) is 0 Å². The van der Waals surface area contributed by atoms with Crippen molar-refractivity contribution < 1.29 is 42.1 Å². The Morgan fingerprint density at radius 2 is 0.838 bits per heavy atom. The van der Waals surface area contributed by atoms with E-state index in [-0.39, 0.29) is 32.0 Å². The highest BCUT2D eigenvalue weighted by Gasteiger charge is 2.21. The van der Waals surface area contributed by atoms with Crippen molar-refractivity contribution in [2.45, 2.75) is 251 Å². The summed E-state index contributed by atoms with van der Waals surface area (Å²) in [6.07, 6.45) is 62.5. The van der Waals surface area contributed by atoms with Crippen LogP contribution in [0.2, 0.25) is 0 Å². The van der Waals surface area contributed by atoms with Crippen LogP contribution in [-0.2, 0) is 32.7 Å². The van der Waals surface area contributed by atoms with Crippen LogP contribution in [0.15, 0.2) is 60.8 Å². The summed E-state index contributed by atoms with van der Waals surface area (Å²) in [6, 6.07) is 0. The molecule has 396 valence electrons. The molecule has 0 aromatic heterocycles. The molecule has 0 bridgehead atoms. The minimum atomic E-state index is -4.63. The molecule has 0 aliphatic carbocycles. The number of ether oxygens (including phenoxy) is 2. The molecular weight excluding hydrogens is 870 g/mol. The summed E-state index contributed by atoms with van der Waals surface area (Å²) >= 11 is 0. The lowest BCUT2D eigenvalue weighted by molar-refractivity contribution is -0.870. The van der Waals surface area contributed by atoms with E-state index in [1.807, 2.05) is 21.1 Å². The quantitative estimate of drug-likeness (QED) is 0.0195. The van der Waals surface area contributed by atoms with Gasteiger partial charge >= 0.3 is 11.9 Å². The van der Waals surface area contributed by atoms with Crippen LogP contribution in [0.5, 0.6) is 0 Å². The van der Waals surface area contributed by atoms with E-state index in [9.17, 15) is 19.0 Å². The van der Waals surface area contributed by atoms with E-state index in [0.29, 0.717) is 17.4 Å². The minimum absolute atomic E-state index is 0.0317. The Morgan fingerprint density at radius 1 is 0.471 bits per heavy atom. The molecule has 0 rings (SSSR count). The minimum Gasteiger partial charge on any atom is -0.756 e. The lowest BCUT2D eigenvalue weighted by Crippen LogP contribution is -2.37. The van der Waals surface area contributed by atoms with Crippen LogP contribution in [0.1, 0.15) is 245 Å². The van der Waals surface area contributed by atoms with E-state index >= 15 is 0 Å². The highest BCUT2D eigenvalue weighted by atomic mass is 31.2. The van der Waals surface area contributed by atoms with E-state index in [4.69, 9.17) is 18.5 Å². The Bertz CT molecular complexity index is 1340. The van der Waals surface area contributed by atoms with Crippen molar-refractivity contribution in [2.24, 2.45) is 0 Å². The number of hydrogen-bond donors (Lipinski definition) is 0. The predicted octanol–water partition coefficient (Wildman–Crippen LogP) is 16.5. The highest BCUT2D eigenvalue weighted by Crippen LogP contribution is 2.38. The van der Waals surface area contributed by atoms with Crippen molar-refractivity contribution in [3.8, 4) is 0 Å². The van der Waals surface area contributed by atoms with Crippen molar-refractivity contribution >= 4 is 19.8 Å². The lowest BCUT2D eigenvalue weighted by Gasteiger charge is -2.28. The maximum atomic E-state index is 12.8. The number of likely N-dealkylation sites (N-methyl/N-ethyl adjacent to an activating group) is 1. The standard InChI is InChI=1S/C58H106NO8P/c1-6-8-10-12-14-16-18-20-22-24-25-26-27-28-29-30-31-32-33-35-37-39-41-43-45-47-49-51-58(61)67-56(55-66-68(62,63)65-53-52-59(3,4)5)54-64-57(60)50-48-46-44-42-40-38-36-34-23-21-19-17-15-13-11-9-7-2/h8,10,14,16,20,22,25-26,28-29,56H,6-7,9,11-13,15,17-19,21,23-24,27,30-55H2,1-5H3/b10-8-,16-14-,22-20-,26-25-,29-28-. The maximum absolute atomic E-state index is 12.8. The highest BCUT2D eigenvalue weighted by molar-refractivity contribution is 7.45. The number of rotatable bonds is 51. The first-order chi connectivity index (χ1) is 33.0. The smallest absolute Gasteiger partial charge is 0.306 e. The van der Waals surface area contributed by atoms with Crippen LogP contribution in [-0.4, -0.2) is 70.0 Å². The van der Waals surface area contributed by atoms with Gasteiger partial charge < -0.3 is 27.9 Å². The molecule has 9 nitrogen and oxygen atoms in total. The molecule has 0 aliphatic heterocycles. The number of allylic oxidation sites excluding steroid dienone is 10. The molecular formula is C58H106NO8P. The fourth-order valence-corrected chi connectivity index (χ4v) is 8.47. The van der Waals surface area contributed by atoms with Crippen LogP contribution in [0, 0.1) is 0 Å². The Labute approximate surface area is 419 Å². The fraction of sp³-hybridized carbons (Fsp3) is 0.793. The molecule has 0 heterocycles. The largest absolute Gasteiger partial charge is 0.756 e. The van der Waals surface area contributed by atoms with Gasteiger partial charge in [0.1, 0.15) is 19.8 Å². The first-order valence-electron chi connectivity index (χ1n) is 28.0. The van der Waals surface area contributed by atoms with Crippen molar-refractivity contribution in [3.05, 3.63) is 60.8 Å². The Morgan fingerprint density at radius 3 is 1.25 bits per heavy atom. The van der Waals surface area contributed by atoms with Gasteiger partial charge in [0.2, 0.25) is 0 Å². The Hall–Kier alpha value is -2.29. The molecule has 0 saturated heterocycles. The summed E-state index contributed by atoms with van der Waals surface area (Å²) in [5, 5.41) is 0. The van der Waals surface area contributed by atoms with Gasteiger partial charge in [0.15, 0.2) is 6.10 Å². The molecule has 2 atom stereocenters. The maximum Gasteiger partial charge on any atom is 0.306 e. The molecule has 0 aliphatic rings. The summed E-state index contributed by atoms with van der Waals surface area (Å²) in [7, 11) is 1.17. The molecule has 68 heavy (non-hydrogen) atoms. The number of phosphoric ester groups is 1. The number of quaternary nitrogens is 1. The number of carbonyl (C=O) groups excluding carboxylic acids is 2. The summed E-state index contributed by atoms with van der Waals surface area (Å²) in [5.74, 6) is -0.829. The summed E-state index contributed by atoms with van der Waals surface area (Å²) < 4.78 is 34.1. The van der Waals surface area contributed by atoms with Gasteiger partial charge in [0.05, 0.1) is 27.7 Å². The van der Waals surface area contributed by atoms with E-state index in [0.717, 1.165) is 77.0 Å². The van der Waals surface area contributed by atoms with Crippen LogP contribution < -0.4 is 4.89 Å². The van der Waals surface area contributed by atoms with Crippen molar-refractivity contribution in [1.82, 2.24) is 0 Å². The first kappa shape index (κ1) is 65.7. The van der Waals surface area contributed by atoms with Gasteiger partial charge in [-0.25, -0.2) is 0 Å². The molecule has 0 fully saturated rings. The topological polar surface area (TPSA) is 111 Å². The molecule has 0 aromatic carbocycles. The Balaban J connectivity index is 4.17. The zero-order valence-electron chi connectivity index (χ0n) is 44.8. The summed E-state index contributed by atoms with van der Waals surface area (Å²) in [4.78, 5) is 37.8. The Kier molecular flexibility index (Phi) is 48.0. The van der Waals surface area contributed by atoms with Crippen molar-refractivity contribution in [1.29, 1.82) is 0 Å². The number of carbonyl (C=O) groups is 2. The SMILES string of the molecule is CC/C=C\C/C=C\C/C=C\C/C=C\C/C=C\CCCCCCCCCCCCCC(=O)OC(COC(=O)CCCCCCCCCCCCCCCCCCC)COP(=O)([O-])OCC[N+](C)(C)C. The third-order valence-electron chi connectivity index (χ3n) is 12.1. The van der Waals surface area contributed by atoms with Gasteiger partial charge in [-0.05, 0) is 57.8 Å². The summed E-state index contributed by atoms with van der Waals surface area (Å²) in [6.45, 7) is 4.15. The second-order valence-electron chi connectivity index (χ2n) is 19.9. The number of esters is 2. The van der Waals surface area contributed by atoms with Gasteiger partial charge in [0, 0.05) is 12.8 Å². The average Bonchev–Trinajstić information content (AvgIpc) is 3.30. The zero-order valence-corrected chi connectivity index (χ0v) is 45.7. The second-order valence-corrected chi connectivity index (χ2v) is 21.3. The van der Waals surface area contributed by atoms with Gasteiger partial charge in [-0.15, -0.1) is 0 Å². The molecule has 10 heteroatoms. The normalized spacial score (nSPS) is 13.8. The third-order valence-corrected chi connectivity index (χ3v) is 13.0. The number of unbranched alkanes of at least 4 members (excludes halogenated alkanes) is 27. The van der Waals surface area contributed by atoms with Gasteiger partial charge in [-0.2, -0.15) is 0 Å². The van der Waals surface area contributed by atoms with E-state index in [2.05, 4.69) is 74.6 Å². The third kappa shape index (κ3) is 53.1. The number of phosphoric acid groups is 1. The monoisotopic (exact) mass is 976 g/mol. The fourth-order valence-electron chi connectivity index (χ4n) is 7.74.